The summed E-state index contributed by atoms with van der Waals surface area (Å²) in [5.41, 5.74) is 2.72. The summed E-state index contributed by atoms with van der Waals surface area (Å²) < 4.78 is 40.6. The number of rotatable bonds is 11. The highest BCUT2D eigenvalue weighted by atomic mass is 32.2. The molecular formula is C32H38FN3O4S. The lowest BCUT2D eigenvalue weighted by Gasteiger charge is -2.35. The Morgan fingerprint density at radius 3 is 2.29 bits per heavy atom. The molecule has 3 aromatic carbocycles. The van der Waals surface area contributed by atoms with Crippen molar-refractivity contribution in [1.82, 2.24) is 10.2 Å². The topological polar surface area (TPSA) is 86.8 Å². The van der Waals surface area contributed by atoms with Crippen molar-refractivity contribution in [2.45, 2.75) is 64.1 Å². The molecule has 1 N–H and O–H groups in total. The Hall–Kier alpha value is -3.72. The van der Waals surface area contributed by atoms with E-state index in [1.54, 1.807) is 0 Å². The maximum atomic E-state index is 14.1. The first kappa shape index (κ1) is 30.2. The van der Waals surface area contributed by atoms with Crippen LogP contribution in [0.5, 0.6) is 0 Å². The number of hydrogen-bond acceptors (Lipinski definition) is 4. The van der Waals surface area contributed by atoms with Crippen LogP contribution in [0, 0.1) is 12.7 Å². The monoisotopic (exact) mass is 579 g/mol. The van der Waals surface area contributed by atoms with E-state index in [9.17, 15) is 22.4 Å². The van der Waals surface area contributed by atoms with Crippen molar-refractivity contribution >= 4 is 27.5 Å². The molecule has 0 aliphatic heterocycles. The fraction of sp³-hybridized carbons (Fsp3) is 0.375. The lowest BCUT2D eigenvalue weighted by molar-refractivity contribution is -0.140. The van der Waals surface area contributed by atoms with Gasteiger partial charge < -0.3 is 10.2 Å². The third-order valence-electron chi connectivity index (χ3n) is 7.60. The first-order valence-electron chi connectivity index (χ1n) is 14.0. The Morgan fingerprint density at radius 2 is 1.63 bits per heavy atom. The minimum atomic E-state index is -3.95. The number of carbonyl (C=O) groups is 2. The number of carbonyl (C=O) groups excluding carboxylic acids is 2. The molecule has 9 heteroatoms. The molecule has 0 bridgehead atoms. The minimum absolute atomic E-state index is 0.0322. The summed E-state index contributed by atoms with van der Waals surface area (Å²) in [5.74, 6) is -1.43. The maximum Gasteiger partial charge on any atom is 0.244 e. The molecule has 0 saturated heterocycles. The first-order chi connectivity index (χ1) is 19.6. The molecule has 0 aromatic heterocycles. The minimum Gasteiger partial charge on any atom is -0.352 e. The van der Waals surface area contributed by atoms with Crippen LogP contribution in [0.3, 0.4) is 0 Å². The van der Waals surface area contributed by atoms with E-state index in [2.05, 4.69) is 5.32 Å². The molecule has 7 nitrogen and oxygen atoms in total. The van der Waals surface area contributed by atoms with Crippen molar-refractivity contribution < 1.29 is 22.4 Å². The average Bonchev–Trinajstić information content (AvgIpc) is 2.95. The van der Waals surface area contributed by atoms with Crippen molar-refractivity contribution in [2.75, 3.05) is 17.1 Å². The summed E-state index contributed by atoms with van der Waals surface area (Å²) in [6.07, 6.45) is 6.23. The molecule has 1 aliphatic carbocycles. The van der Waals surface area contributed by atoms with Crippen LogP contribution in [-0.2, 0) is 32.6 Å². The van der Waals surface area contributed by atoms with Gasteiger partial charge in [-0.2, -0.15) is 0 Å². The van der Waals surface area contributed by atoms with Crippen LogP contribution in [0.25, 0.3) is 0 Å². The Bertz CT molecular complexity index is 1440. The number of anilines is 1. The predicted octanol–water partition coefficient (Wildman–Crippen LogP) is 4.99. The van der Waals surface area contributed by atoms with E-state index in [1.165, 1.54) is 23.1 Å². The number of nitrogens with one attached hydrogen (secondary N) is 1. The Balaban J connectivity index is 1.73. The molecule has 4 rings (SSSR count). The molecule has 41 heavy (non-hydrogen) atoms. The predicted molar refractivity (Wildman–Crippen MR) is 159 cm³/mol. The van der Waals surface area contributed by atoms with Crippen molar-refractivity contribution in [3.05, 3.63) is 101 Å². The largest absolute Gasteiger partial charge is 0.352 e. The maximum absolute atomic E-state index is 14.1. The third kappa shape index (κ3) is 8.39. The number of aryl methyl sites for hydroxylation is 1. The van der Waals surface area contributed by atoms with Gasteiger partial charge in [-0.05, 0) is 54.7 Å². The fourth-order valence-electron chi connectivity index (χ4n) is 5.31. The van der Waals surface area contributed by atoms with Crippen molar-refractivity contribution in [1.29, 1.82) is 0 Å². The summed E-state index contributed by atoms with van der Waals surface area (Å²) in [6, 6.07) is 21.4. The molecule has 0 heterocycles. The summed E-state index contributed by atoms with van der Waals surface area (Å²) in [5, 5.41) is 3.18. The van der Waals surface area contributed by atoms with Gasteiger partial charge in [0.15, 0.2) is 0 Å². The highest BCUT2D eigenvalue weighted by Gasteiger charge is 2.34. The van der Waals surface area contributed by atoms with Gasteiger partial charge in [0.25, 0.3) is 0 Å². The number of benzene rings is 3. The third-order valence-corrected chi connectivity index (χ3v) is 8.74. The zero-order chi connectivity index (χ0) is 29.4. The van der Waals surface area contributed by atoms with E-state index in [4.69, 9.17) is 0 Å². The van der Waals surface area contributed by atoms with Crippen molar-refractivity contribution in [2.24, 2.45) is 0 Å². The average molecular weight is 580 g/mol. The van der Waals surface area contributed by atoms with E-state index in [-0.39, 0.29) is 30.6 Å². The molecule has 1 atom stereocenters. The second kappa shape index (κ2) is 13.8. The molecule has 1 saturated carbocycles. The van der Waals surface area contributed by atoms with Crippen LogP contribution in [0.4, 0.5) is 10.1 Å². The van der Waals surface area contributed by atoms with Gasteiger partial charge in [0.05, 0.1) is 11.9 Å². The fourth-order valence-corrected chi connectivity index (χ4v) is 6.16. The summed E-state index contributed by atoms with van der Waals surface area (Å²) in [6.45, 7) is 1.47. The molecule has 0 radical (unpaired) electrons. The van der Waals surface area contributed by atoms with Gasteiger partial charge in [0, 0.05) is 19.0 Å². The summed E-state index contributed by atoms with van der Waals surface area (Å²) in [7, 11) is -3.95. The van der Waals surface area contributed by atoms with E-state index in [1.807, 2.05) is 61.5 Å². The second-order valence-corrected chi connectivity index (χ2v) is 12.7. The Labute approximate surface area is 242 Å². The van der Waals surface area contributed by atoms with Gasteiger partial charge in [-0.1, -0.05) is 79.9 Å². The first-order valence-corrected chi connectivity index (χ1v) is 15.9. The van der Waals surface area contributed by atoms with E-state index in [0.29, 0.717) is 0 Å². The number of sulfonamides is 1. The summed E-state index contributed by atoms with van der Waals surface area (Å²) >= 11 is 0. The van der Waals surface area contributed by atoms with Gasteiger partial charge in [0.2, 0.25) is 21.8 Å². The second-order valence-electron chi connectivity index (χ2n) is 10.7. The van der Waals surface area contributed by atoms with Crippen LogP contribution in [0.1, 0.15) is 48.8 Å². The number of hydrogen-bond donors (Lipinski definition) is 1. The molecule has 1 unspecified atom stereocenters. The molecule has 0 spiro atoms. The lowest BCUT2D eigenvalue weighted by atomic mass is 9.94. The number of halogens is 1. The van der Waals surface area contributed by atoms with E-state index >= 15 is 0 Å². The van der Waals surface area contributed by atoms with E-state index < -0.39 is 34.3 Å². The number of amides is 2. The quantitative estimate of drug-likeness (QED) is 0.347. The molecular weight excluding hydrogens is 541 g/mol. The highest BCUT2D eigenvalue weighted by molar-refractivity contribution is 7.92. The van der Waals surface area contributed by atoms with Crippen molar-refractivity contribution in [3.63, 3.8) is 0 Å². The standard InChI is InChI=1S/C32H38FN3O4S/c1-24-12-9-10-15-26(24)22-35(31(37)23-36(41(2,39)40)29-19-11-16-27(33)21-29)30(20-25-13-5-3-6-14-25)32(38)34-28-17-7-4-8-18-28/h3,5-6,9-16,19,21,28,30H,4,7-8,17-18,20,22-23H2,1-2H3,(H,34,38). The molecule has 218 valence electrons. The van der Waals surface area contributed by atoms with Crippen LogP contribution in [0.15, 0.2) is 78.9 Å². The molecule has 1 aliphatic rings. The van der Waals surface area contributed by atoms with Crippen molar-refractivity contribution in [3.8, 4) is 0 Å². The van der Waals surface area contributed by atoms with Crippen LogP contribution < -0.4 is 9.62 Å². The number of nitrogens with zero attached hydrogens (tertiary/aromatic N) is 2. The SMILES string of the molecule is Cc1ccccc1CN(C(=O)CN(c1cccc(F)c1)S(C)(=O)=O)C(Cc1ccccc1)C(=O)NC1CCCCC1. The Kier molecular flexibility index (Phi) is 10.2. The van der Waals surface area contributed by atoms with Gasteiger partial charge in [-0.3, -0.25) is 13.9 Å². The zero-order valence-electron chi connectivity index (χ0n) is 23.6. The van der Waals surface area contributed by atoms with Crippen LogP contribution in [0.2, 0.25) is 0 Å². The molecule has 3 aromatic rings. The highest BCUT2D eigenvalue weighted by Crippen LogP contribution is 2.23. The van der Waals surface area contributed by atoms with Gasteiger partial charge in [-0.25, -0.2) is 12.8 Å². The van der Waals surface area contributed by atoms with Gasteiger partial charge in [-0.15, -0.1) is 0 Å². The molecule has 2 amide bonds. The van der Waals surface area contributed by atoms with Gasteiger partial charge in [0.1, 0.15) is 18.4 Å². The van der Waals surface area contributed by atoms with Crippen LogP contribution >= 0.6 is 0 Å². The normalized spacial score (nSPS) is 14.7. The van der Waals surface area contributed by atoms with E-state index in [0.717, 1.165) is 65.4 Å². The zero-order valence-corrected chi connectivity index (χ0v) is 24.4. The lowest BCUT2D eigenvalue weighted by Crippen LogP contribution is -2.55. The summed E-state index contributed by atoms with van der Waals surface area (Å²) in [4.78, 5) is 29.6. The Morgan fingerprint density at radius 1 is 0.951 bits per heavy atom. The van der Waals surface area contributed by atoms with Crippen LogP contribution in [-0.4, -0.2) is 50.0 Å². The smallest absolute Gasteiger partial charge is 0.244 e. The molecule has 1 fully saturated rings. The van der Waals surface area contributed by atoms with Gasteiger partial charge >= 0.3 is 0 Å².